The second-order valence-corrected chi connectivity index (χ2v) is 9.59. The van der Waals surface area contributed by atoms with Crippen molar-refractivity contribution in [3.63, 3.8) is 0 Å². The smallest absolute Gasteiger partial charge is 0.261 e. The molecule has 0 radical (unpaired) electrons. The minimum absolute atomic E-state index is 0.153. The maximum atomic E-state index is 12.8. The minimum Gasteiger partial charge on any atom is -0.351 e. The summed E-state index contributed by atoms with van der Waals surface area (Å²) in [5.74, 6) is 0.153. The van der Waals surface area contributed by atoms with E-state index in [1.165, 1.54) is 68.2 Å². The number of amides is 1. The van der Waals surface area contributed by atoms with Gasteiger partial charge in [-0.25, -0.2) is 0 Å². The largest absolute Gasteiger partial charge is 0.351 e. The van der Waals surface area contributed by atoms with E-state index < -0.39 is 0 Å². The number of nitrogens with zero attached hydrogens (tertiary/aromatic N) is 1. The summed E-state index contributed by atoms with van der Waals surface area (Å²) < 4.78 is 0. The van der Waals surface area contributed by atoms with Crippen molar-refractivity contribution < 1.29 is 4.79 Å². The van der Waals surface area contributed by atoms with Crippen LogP contribution >= 0.6 is 11.3 Å². The Hall–Kier alpha value is -0.870. The summed E-state index contributed by atoms with van der Waals surface area (Å²) in [4.78, 5) is 17.5. The third-order valence-corrected chi connectivity index (χ3v) is 7.15. The molecule has 0 aromatic carbocycles. The number of aryl methyl sites for hydroxylation is 2. The first-order valence-electron chi connectivity index (χ1n) is 10.1. The van der Waals surface area contributed by atoms with E-state index in [4.69, 9.17) is 0 Å². The average Bonchev–Trinajstić information content (AvgIpc) is 2.95. The van der Waals surface area contributed by atoms with E-state index in [-0.39, 0.29) is 11.3 Å². The first-order chi connectivity index (χ1) is 12.1. The van der Waals surface area contributed by atoms with Crippen LogP contribution in [0.4, 0.5) is 0 Å². The number of hydrogen-bond donors (Lipinski definition) is 1. The summed E-state index contributed by atoms with van der Waals surface area (Å²) in [6.07, 6.45) is 14.0. The fraction of sp³-hybridized carbons (Fsp3) is 0.762. The lowest BCUT2D eigenvalue weighted by Crippen LogP contribution is -2.44. The van der Waals surface area contributed by atoms with Crippen molar-refractivity contribution >= 4 is 17.2 Å². The normalized spacial score (nSPS) is 20.6. The summed E-state index contributed by atoms with van der Waals surface area (Å²) in [7, 11) is 4.30. The van der Waals surface area contributed by atoms with Gasteiger partial charge in [-0.2, -0.15) is 0 Å². The Labute approximate surface area is 157 Å². The van der Waals surface area contributed by atoms with Gasteiger partial charge in [-0.3, -0.25) is 4.79 Å². The Morgan fingerprint density at radius 3 is 2.48 bits per heavy atom. The molecule has 3 nitrogen and oxygen atoms in total. The molecule has 2 aliphatic rings. The Kier molecular flexibility index (Phi) is 6.56. The van der Waals surface area contributed by atoms with Crippen molar-refractivity contribution in [3.05, 3.63) is 21.4 Å². The van der Waals surface area contributed by atoms with Gasteiger partial charge in [0.25, 0.3) is 5.91 Å². The molecule has 2 aliphatic carbocycles. The zero-order chi connectivity index (χ0) is 17.7. The number of hydrogen-bond acceptors (Lipinski definition) is 3. The number of nitrogens with one attached hydrogen (secondary N) is 1. The molecule has 140 valence electrons. The van der Waals surface area contributed by atoms with Gasteiger partial charge in [-0.05, 0) is 64.3 Å². The number of fused-ring (bicyclic) bond motifs is 1. The van der Waals surface area contributed by atoms with E-state index in [0.717, 1.165) is 30.8 Å². The number of rotatable bonds is 5. The summed E-state index contributed by atoms with van der Waals surface area (Å²) in [6, 6.07) is 2.18. The zero-order valence-corrected chi connectivity index (χ0v) is 16.8. The highest BCUT2D eigenvalue weighted by Crippen LogP contribution is 2.36. The van der Waals surface area contributed by atoms with Gasteiger partial charge >= 0.3 is 0 Å². The van der Waals surface area contributed by atoms with Crippen LogP contribution in [0.25, 0.3) is 0 Å². The van der Waals surface area contributed by atoms with Crippen LogP contribution in [0.5, 0.6) is 0 Å². The van der Waals surface area contributed by atoms with Gasteiger partial charge in [0.1, 0.15) is 0 Å². The van der Waals surface area contributed by atoms with Gasteiger partial charge in [-0.15, -0.1) is 11.3 Å². The number of thiophene rings is 1. The second kappa shape index (κ2) is 8.68. The molecule has 0 unspecified atom stereocenters. The fourth-order valence-corrected chi connectivity index (χ4v) is 5.84. The first-order valence-corrected chi connectivity index (χ1v) is 10.9. The molecule has 1 amide bonds. The summed E-state index contributed by atoms with van der Waals surface area (Å²) >= 11 is 1.74. The van der Waals surface area contributed by atoms with Crippen LogP contribution in [0, 0.1) is 5.41 Å². The zero-order valence-electron chi connectivity index (χ0n) is 16.0. The lowest BCUT2D eigenvalue weighted by Gasteiger charge is -2.39. The Bertz CT molecular complexity index is 547. The van der Waals surface area contributed by atoms with Crippen LogP contribution in [0.2, 0.25) is 0 Å². The lowest BCUT2D eigenvalue weighted by atomic mass is 9.73. The first kappa shape index (κ1) is 18.9. The van der Waals surface area contributed by atoms with Crippen molar-refractivity contribution in [2.45, 2.75) is 70.6 Å². The van der Waals surface area contributed by atoms with E-state index in [9.17, 15) is 4.79 Å². The highest BCUT2D eigenvalue weighted by atomic mass is 32.1. The van der Waals surface area contributed by atoms with Gasteiger partial charge in [0.15, 0.2) is 0 Å². The third kappa shape index (κ3) is 5.07. The minimum atomic E-state index is 0.153. The van der Waals surface area contributed by atoms with E-state index >= 15 is 0 Å². The molecule has 0 spiro atoms. The van der Waals surface area contributed by atoms with Crippen molar-refractivity contribution in [1.29, 1.82) is 0 Å². The topological polar surface area (TPSA) is 32.3 Å². The van der Waals surface area contributed by atoms with Crippen molar-refractivity contribution in [2.24, 2.45) is 5.41 Å². The van der Waals surface area contributed by atoms with E-state index in [0.29, 0.717) is 0 Å². The molecule has 1 aromatic rings. The van der Waals surface area contributed by atoms with Crippen LogP contribution in [0.3, 0.4) is 0 Å². The molecule has 0 atom stereocenters. The average molecular weight is 363 g/mol. The maximum absolute atomic E-state index is 12.8. The van der Waals surface area contributed by atoms with Gasteiger partial charge < -0.3 is 10.2 Å². The summed E-state index contributed by atoms with van der Waals surface area (Å²) in [6.45, 7) is 1.90. The Morgan fingerprint density at radius 1 is 1.08 bits per heavy atom. The highest BCUT2D eigenvalue weighted by Gasteiger charge is 2.33. The summed E-state index contributed by atoms with van der Waals surface area (Å²) in [5, 5.41) is 3.30. The third-order valence-electron chi connectivity index (χ3n) is 5.91. The molecule has 1 saturated carbocycles. The molecule has 1 fully saturated rings. The van der Waals surface area contributed by atoms with Crippen molar-refractivity contribution in [2.75, 3.05) is 27.2 Å². The van der Waals surface area contributed by atoms with Gasteiger partial charge in [-0.1, -0.05) is 32.1 Å². The predicted octanol–water partition coefficient (Wildman–Crippen LogP) is 4.65. The van der Waals surface area contributed by atoms with Crippen LogP contribution in [-0.2, 0) is 12.8 Å². The Morgan fingerprint density at radius 2 is 1.76 bits per heavy atom. The molecule has 1 aromatic heterocycles. The highest BCUT2D eigenvalue weighted by molar-refractivity contribution is 7.14. The fourth-order valence-electron chi connectivity index (χ4n) is 4.67. The molecule has 1 N–H and O–H groups in total. The molecular formula is C21H34N2OS. The second-order valence-electron chi connectivity index (χ2n) is 8.45. The lowest BCUT2D eigenvalue weighted by molar-refractivity contribution is 0.0876. The Balaban J connectivity index is 1.64. The maximum Gasteiger partial charge on any atom is 0.261 e. The summed E-state index contributed by atoms with van der Waals surface area (Å²) in [5.41, 5.74) is 1.71. The quantitative estimate of drug-likeness (QED) is 0.827. The molecule has 0 bridgehead atoms. The molecule has 4 heteroatoms. The molecule has 1 heterocycles. The van der Waals surface area contributed by atoms with Crippen molar-refractivity contribution in [3.8, 4) is 0 Å². The van der Waals surface area contributed by atoms with E-state index in [2.05, 4.69) is 30.4 Å². The van der Waals surface area contributed by atoms with E-state index in [1.54, 1.807) is 11.3 Å². The monoisotopic (exact) mass is 362 g/mol. The molecular weight excluding hydrogens is 328 g/mol. The standard InChI is InChI=1S/C21H34N2OS/c1-23(2)16-21(12-8-5-9-13-21)15-22-20(24)19-14-17-10-6-3-4-7-11-18(17)25-19/h14H,3-13,15-16H2,1-2H3,(H,22,24). The van der Waals surface area contributed by atoms with Gasteiger partial charge in [0, 0.05) is 23.4 Å². The van der Waals surface area contributed by atoms with Gasteiger partial charge in [0.05, 0.1) is 4.88 Å². The van der Waals surface area contributed by atoms with E-state index in [1.807, 2.05) is 0 Å². The van der Waals surface area contributed by atoms with Gasteiger partial charge in [0.2, 0.25) is 0 Å². The predicted molar refractivity (Wildman–Crippen MR) is 107 cm³/mol. The molecule has 0 aliphatic heterocycles. The SMILES string of the molecule is CN(C)CC1(CNC(=O)c2cc3c(s2)CCCCCC3)CCCCC1. The van der Waals surface area contributed by atoms with Crippen LogP contribution in [-0.4, -0.2) is 38.0 Å². The molecule has 3 rings (SSSR count). The van der Waals surface area contributed by atoms with Crippen molar-refractivity contribution in [1.82, 2.24) is 10.2 Å². The van der Waals surface area contributed by atoms with Crippen LogP contribution in [0.15, 0.2) is 6.07 Å². The molecule has 25 heavy (non-hydrogen) atoms. The molecule has 0 saturated heterocycles. The van der Waals surface area contributed by atoms with Crippen LogP contribution < -0.4 is 5.32 Å². The number of carbonyl (C=O) groups excluding carboxylic acids is 1. The number of carbonyl (C=O) groups is 1. The van der Waals surface area contributed by atoms with Crippen LogP contribution in [0.1, 0.15) is 77.9 Å².